The van der Waals surface area contributed by atoms with Gasteiger partial charge in [-0.1, -0.05) is 13.3 Å². The lowest BCUT2D eigenvalue weighted by atomic mass is 10.1. The Morgan fingerprint density at radius 1 is 1.33 bits per heavy atom. The second kappa shape index (κ2) is 7.76. The maximum atomic E-state index is 13.3. The molecule has 2 unspecified atom stereocenters. The molecule has 0 aliphatic rings. The van der Waals surface area contributed by atoms with Gasteiger partial charge >= 0.3 is 0 Å². The molecule has 0 heterocycles. The number of carbonyl (C=O) groups is 2. The lowest BCUT2D eigenvalue weighted by molar-refractivity contribution is -0.127. The zero-order valence-corrected chi connectivity index (χ0v) is 12.9. The van der Waals surface area contributed by atoms with E-state index in [1.807, 2.05) is 13.8 Å². The van der Waals surface area contributed by atoms with Crippen molar-refractivity contribution in [3.63, 3.8) is 0 Å². The normalized spacial score (nSPS) is 13.4. The molecule has 0 fully saturated rings. The van der Waals surface area contributed by atoms with Gasteiger partial charge in [0.05, 0.1) is 5.56 Å². The minimum atomic E-state index is -0.802. The van der Waals surface area contributed by atoms with Gasteiger partial charge in [0, 0.05) is 12.1 Å². The summed E-state index contributed by atoms with van der Waals surface area (Å²) >= 11 is 0. The predicted octanol–water partition coefficient (Wildman–Crippen LogP) is 3.10. The Labute approximate surface area is 124 Å². The first kappa shape index (κ1) is 17.1. The number of benzene rings is 1. The number of Topliss-reactive ketones (excluding diaryl/α,β-unsaturated/α-hetero) is 1. The maximum Gasteiger partial charge on any atom is 0.260 e. The van der Waals surface area contributed by atoms with Crippen LogP contribution in [-0.4, -0.2) is 23.8 Å². The Kier molecular flexibility index (Phi) is 6.34. The molecule has 0 aliphatic carbocycles. The molecule has 1 N–H and O–H groups in total. The number of carbonyl (C=O) groups excluding carboxylic acids is 2. The summed E-state index contributed by atoms with van der Waals surface area (Å²) in [5, 5.41) is 2.82. The van der Waals surface area contributed by atoms with Crippen LogP contribution in [0.25, 0.3) is 0 Å². The van der Waals surface area contributed by atoms with Gasteiger partial charge in [0.25, 0.3) is 5.91 Å². The van der Waals surface area contributed by atoms with E-state index in [9.17, 15) is 14.0 Å². The molecule has 4 nitrogen and oxygen atoms in total. The van der Waals surface area contributed by atoms with Crippen LogP contribution >= 0.6 is 0 Å². The van der Waals surface area contributed by atoms with E-state index in [1.165, 1.54) is 19.1 Å². The van der Waals surface area contributed by atoms with Gasteiger partial charge in [-0.15, -0.1) is 0 Å². The lowest BCUT2D eigenvalue weighted by Crippen LogP contribution is -2.41. The summed E-state index contributed by atoms with van der Waals surface area (Å²) in [5.41, 5.74) is 0.262. The smallest absolute Gasteiger partial charge is 0.260 e. The first-order valence-electron chi connectivity index (χ1n) is 7.12. The molecule has 0 bridgehead atoms. The number of hydrogen-bond donors (Lipinski definition) is 1. The van der Waals surface area contributed by atoms with E-state index in [2.05, 4.69) is 5.32 Å². The molecule has 116 valence electrons. The molecule has 0 spiro atoms. The highest BCUT2D eigenvalue weighted by Gasteiger charge is 2.19. The molecule has 1 amide bonds. The molecule has 0 saturated carbocycles. The highest BCUT2D eigenvalue weighted by Crippen LogP contribution is 2.22. The minimum Gasteiger partial charge on any atom is -0.480 e. The second-order valence-corrected chi connectivity index (χ2v) is 5.16. The first-order valence-corrected chi connectivity index (χ1v) is 7.12. The zero-order chi connectivity index (χ0) is 16.0. The third kappa shape index (κ3) is 5.17. The van der Waals surface area contributed by atoms with Crippen molar-refractivity contribution in [3.8, 4) is 5.75 Å². The molecule has 0 aliphatic heterocycles. The van der Waals surface area contributed by atoms with Gasteiger partial charge in [-0.2, -0.15) is 0 Å². The molecule has 21 heavy (non-hydrogen) atoms. The van der Waals surface area contributed by atoms with Gasteiger partial charge in [0.15, 0.2) is 11.9 Å². The van der Waals surface area contributed by atoms with Crippen molar-refractivity contribution in [2.75, 3.05) is 0 Å². The van der Waals surface area contributed by atoms with E-state index in [-0.39, 0.29) is 29.0 Å². The van der Waals surface area contributed by atoms with Gasteiger partial charge in [0.1, 0.15) is 11.6 Å². The fourth-order valence-corrected chi connectivity index (χ4v) is 1.99. The first-order chi connectivity index (χ1) is 9.85. The average Bonchev–Trinajstić information content (AvgIpc) is 2.38. The van der Waals surface area contributed by atoms with E-state index in [0.717, 1.165) is 18.9 Å². The van der Waals surface area contributed by atoms with Crippen molar-refractivity contribution in [1.82, 2.24) is 5.32 Å². The summed E-state index contributed by atoms with van der Waals surface area (Å²) in [6.07, 6.45) is 1.04. The summed E-state index contributed by atoms with van der Waals surface area (Å²) in [5.74, 6) is -0.943. The Morgan fingerprint density at radius 3 is 2.57 bits per heavy atom. The van der Waals surface area contributed by atoms with E-state index in [1.54, 1.807) is 6.92 Å². The van der Waals surface area contributed by atoms with Crippen molar-refractivity contribution < 1.29 is 18.7 Å². The van der Waals surface area contributed by atoms with Gasteiger partial charge in [-0.05, 0) is 39.3 Å². The van der Waals surface area contributed by atoms with Crippen molar-refractivity contribution in [1.29, 1.82) is 0 Å². The lowest BCUT2D eigenvalue weighted by Gasteiger charge is -2.19. The van der Waals surface area contributed by atoms with E-state index < -0.39 is 11.9 Å². The van der Waals surface area contributed by atoms with Crippen LogP contribution in [0.15, 0.2) is 18.2 Å². The highest BCUT2D eigenvalue weighted by atomic mass is 19.1. The zero-order valence-electron chi connectivity index (χ0n) is 12.9. The number of ketones is 1. The Morgan fingerprint density at radius 2 is 2.00 bits per heavy atom. The number of ether oxygens (including phenoxy) is 1. The second-order valence-electron chi connectivity index (χ2n) is 5.16. The summed E-state index contributed by atoms with van der Waals surface area (Å²) in [4.78, 5) is 23.5. The van der Waals surface area contributed by atoms with Crippen LogP contribution < -0.4 is 10.1 Å². The number of hydrogen-bond acceptors (Lipinski definition) is 3. The fraction of sp³-hybridized carbons (Fsp3) is 0.500. The fourth-order valence-electron chi connectivity index (χ4n) is 1.99. The van der Waals surface area contributed by atoms with Gasteiger partial charge < -0.3 is 10.1 Å². The Balaban J connectivity index is 2.78. The SMILES string of the molecule is CCCC(C)NC(=O)C(C)Oc1cc(F)ccc1C(C)=O. The Bertz CT molecular complexity index is 516. The standard InChI is InChI=1S/C16H22FNO3/c1-5-6-10(2)18-16(20)12(4)21-15-9-13(17)7-8-14(15)11(3)19/h7-10,12H,5-6H2,1-4H3,(H,18,20). The number of amides is 1. The quantitative estimate of drug-likeness (QED) is 0.786. The van der Waals surface area contributed by atoms with Crippen LogP contribution in [-0.2, 0) is 4.79 Å². The van der Waals surface area contributed by atoms with E-state index in [4.69, 9.17) is 4.74 Å². The Hall–Kier alpha value is -1.91. The van der Waals surface area contributed by atoms with Crippen LogP contribution in [0.4, 0.5) is 4.39 Å². The van der Waals surface area contributed by atoms with Crippen LogP contribution in [0, 0.1) is 5.82 Å². The predicted molar refractivity (Wildman–Crippen MR) is 79.0 cm³/mol. The third-order valence-corrected chi connectivity index (χ3v) is 3.11. The minimum absolute atomic E-state index is 0.0494. The van der Waals surface area contributed by atoms with Crippen molar-refractivity contribution in [2.45, 2.75) is 52.7 Å². The van der Waals surface area contributed by atoms with E-state index >= 15 is 0 Å². The molecule has 1 rings (SSSR count). The van der Waals surface area contributed by atoms with Gasteiger partial charge in [-0.3, -0.25) is 9.59 Å². The topological polar surface area (TPSA) is 55.4 Å². The monoisotopic (exact) mass is 295 g/mol. The molecular formula is C16H22FNO3. The number of nitrogens with one attached hydrogen (secondary N) is 1. The molecule has 5 heteroatoms. The molecule has 0 aromatic heterocycles. The van der Waals surface area contributed by atoms with Crippen molar-refractivity contribution in [2.24, 2.45) is 0 Å². The number of halogens is 1. The summed E-state index contributed by atoms with van der Waals surface area (Å²) in [6, 6.07) is 3.72. The largest absolute Gasteiger partial charge is 0.480 e. The molecule has 0 radical (unpaired) electrons. The molecule has 0 saturated heterocycles. The molecule has 1 aromatic rings. The van der Waals surface area contributed by atoms with Crippen molar-refractivity contribution in [3.05, 3.63) is 29.6 Å². The molecule has 2 atom stereocenters. The van der Waals surface area contributed by atoms with Gasteiger partial charge in [0.2, 0.25) is 0 Å². The van der Waals surface area contributed by atoms with Crippen LogP contribution in [0.1, 0.15) is 50.9 Å². The maximum absolute atomic E-state index is 13.3. The van der Waals surface area contributed by atoms with Gasteiger partial charge in [-0.25, -0.2) is 4.39 Å². The average molecular weight is 295 g/mol. The number of rotatable bonds is 7. The van der Waals surface area contributed by atoms with E-state index in [0.29, 0.717) is 0 Å². The van der Waals surface area contributed by atoms with Crippen molar-refractivity contribution >= 4 is 11.7 Å². The van der Waals surface area contributed by atoms with Crippen LogP contribution in [0.5, 0.6) is 5.75 Å². The van der Waals surface area contributed by atoms with Crippen LogP contribution in [0.3, 0.4) is 0 Å². The van der Waals surface area contributed by atoms with Crippen LogP contribution in [0.2, 0.25) is 0 Å². The third-order valence-electron chi connectivity index (χ3n) is 3.11. The molecule has 1 aromatic carbocycles. The highest BCUT2D eigenvalue weighted by molar-refractivity contribution is 5.97. The summed E-state index contributed by atoms with van der Waals surface area (Å²) in [6.45, 7) is 6.89. The summed E-state index contributed by atoms with van der Waals surface area (Å²) < 4.78 is 18.7. The summed E-state index contributed by atoms with van der Waals surface area (Å²) in [7, 11) is 0. The molecular weight excluding hydrogens is 273 g/mol.